The van der Waals surface area contributed by atoms with Gasteiger partial charge in [0.25, 0.3) is 0 Å². The molecular formula is C11H21N. The average molecular weight is 167 g/mol. The topological polar surface area (TPSA) is 12.0 Å². The van der Waals surface area contributed by atoms with Gasteiger partial charge in [-0.3, -0.25) is 0 Å². The summed E-state index contributed by atoms with van der Waals surface area (Å²) in [6.07, 6.45) is 1.26. The van der Waals surface area contributed by atoms with E-state index in [9.17, 15) is 0 Å². The van der Waals surface area contributed by atoms with E-state index in [0.717, 1.165) is 18.4 Å². The van der Waals surface area contributed by atoms with Gasteiger partial charge < -0.3 is 5.32 Å². The van der Waals surface area contributed by atoms with Crippen molar-refractivity contribution < 1.29 is 0 Å². The molecule has 0 atom stereocenters. The molecule has 1 heteroatoms. The Morgan fingerprint density at radius 3 is 2.00 bits per heavy atom. The molecule has 0 spiro atoms. The molecule has 0 unspecified atom stereocenters. The second-order valence-corrected chi connectivity index (χ2v) is 4.29. The average Bonchev–Trinajstić information content (AvgIpc) is 2.04. The monoisotopic (exact) mass is 167 g/mol. The van der Waals surface area contributed by atoms with Crippen LogP contribution >= 0.6 is 0 Å². The molecule has 0 aromatic rings. The summed E-state index contributed by atoms with van der Waals surface area (Å²) >= 11 is 0. The number of nitrogens with one attached hydrogen (secondary N) is 1. The van der Waals surface area contributed by atoms with Crippen LogP contribution in [-0.2, 0) is 0 Å². The van der Waals surface area contributed by atoms with E-state index in [1.807, 2.05) is 0 Å². The first kappa shape index (κ1) is 9.79. The highest BCUT2D eigenvalue weighted by Crippen LogP contribution is 2.25. The van der Waals surface area contributed by atoms with Gasteiger partial charge in [-0.05, 0) is 24.8 Å². The van der Waals surface area contributed by atoms with Crippen LogP contribution in [0.3, 0.4) is 0 Å². The van der Waals surface area contributed by atoms with E-state index in [4.69, 9.17) is 0 Å². The Labute approximate surface area is 76.2 Å². The van der Waals surface area contributed by atoms with Gasteiger partial charge in [0.15, 0.2) is 0 Å². The molecule has 1 heterocycles. The maximum Gasteiger partial charge on any atom is 0.0170 e. The van der Waals surface area contributed by atoms with Crippen molar-refractivity contribution in [2.45, 2.75) is 34.1 Å². The molecule has 1 rings (SSSR count). The molecule has 70 valence electrons. The van der Waals surface area contributed by atoms with Crippen LogP contribution in [0.15, 0.2) is 11.1 Å². The molecule has 0 aromatic heterocycles. The molecule has 0 aromatic carbocycles. The van der Waals surface area contributed by atoms with Gasteiger partial charge in [0.1, 0.15) is 0 Å². The summed E-state index contributed by atoms with van der Waals surface area (Å²) in [6.45, 7) is 11.5. The molecule has 0 fully saturated rings. The Hall–Kier alpha value is -0.300. The fourth-order valence-electron chi connectivity index (χ4n) is 1.95. The zero-order valence-corrected chi connectivity index (χ0v) is 8.78. The lowest BCUT2D eigenvalue weighted by Gasteiger charge is -2.26. The summed E-state index contributed by atoms with van der Waals surface area (Å²) in [6, 6.07) is 0. The molecular weight excluding hydrogens is 146 g/mol. The van der Waals surface area contributed by atoms with Crippen LogP contribution in [0.5, 0.6) is 0 Å². The molecule has 0 aliphatic carbocycles. The van der Waals surface area contributed by atoms with E-state index in [0.29, 0.717) is 0 Å². The summed E-state index contributed by atoms with van der Waals surface area (Å²) in [7, 11) is 0. The maximum absolute atomic E-state index is 3.44. The summed E-state index contributed by atoms with van der Waals surface area (Å²) in [5.74, 6) is 1.46. The molecule has 1 N–H and O–H groups in total. The highest BCUT2D eigenvalue weighted by atomic mass is 14.9. The van der Waals surface area contributed by atoms with Crippen molar-refractivity contribution in [3.8, 4) is 0 Å². The van der Waals surface area contributed by atoms with E-state index in [-0.39, 0.29) is 0 Å². The Kier molecular flexibility index (Phi) is 3.33. The normalized spacial score (nSPS) is 19.5. The van der Waals surface area contributed by atoms with Crippen molar-refractivity contribution in [2.75, 3.05) is 13.1 Å². The molecule has 12 heavy (non-hydrogen) atoms. The molecule has 0 amide bonds. The quantitative estimate of drug-likeness (QED) is 0.623. The first-order chi connectivity index (χ1) is 5.63. The van der Waals surface area contributed by atoms with Crippen LogP contribution in [0, 0.1) is 11.8 Å². The van der Waals surface area contributed by atoms with Crippen LogP contribution < -0.4 is 5.32 Å². The molecule has 0 bridgehead atoms. The van der Waals surface area contributed by atoms with E-state index in [1.54, 1.807) is 11.1 Å². The first-order valence-electron chi connectivity index (χ1n) is 5.05. The number of hydrogen-bond acceptors (Lipinski definition) is 1. The minimum atomic E-state index is 0.718. The smallest absolute Gasteiger partial charge is 0.0170 e. The summed E-state index contributed by atoms with van der Waals surface area (Å²) in [4.78, 5) is 0. The lowest BCUT2D eigenvalue weighted by molar-refractivity contribution is 0.557. The molecule has 0 radical (unpaired) electrons. The van der Waals surface area contributed by atoms with Crippen LogP contribution in [0.1, 0.15) is 34.1 Å². The van der Waals surface area contributed by atoms with Gasteiger partial charge in [-0.2, -0.15) is 0 Å². The lowest BCUT2D eigenvalue weighted by atomic mass is 9.86. The second-order valence-electron chi connectivity index (χ2n) is 4.29. The third-order valence-corrected chi connectivity index (χ3v) is 2.69. The SMILES string of the molecule is CC(C)C1=C(C(C)C)CNCC1. The molecule has 1 aliphatic heterocycles. The maximum atomic E-state index is 3.44. The van der Waals surface area contributed by atoms with Crippen LogP contribution in [0.25, 0.3) is 0 Å². The predicted molar refractivity (Wildman–Crippen MR) is 54.2 cm³/mol. The zero-order chi connectivity index (χ0) is 9.14. The minimum absolute atomic E-state index is 0.718. The van der Waals surface area contributed by atoms with Gasteiger partial charge in [-0.15, -0.1) is 0 Å². The third-order valence-electron chi connectivity index (χ3n) is 2.69. The van der Waals surface area contributed by atoms with Gasteiger partial charge >= 0.3 is 0 Å². The van der Waals surface area contributed by atoms with Gasteiger partial charge in [-0.25, -0.2) is 0 Å². The summed E-state index contributed by atoms with van der Waals surface area (Å²) in [5, 5.41) is 3.44. The Morgan fingerprint density at radius 2 is 1.58 bits per heavy atom. The van der Waals surface area contributed by atoms with Gasteiger partial charge in [-0.1, -0.05) is 38.8 Å². The summed E-state index contributed by atoms with van der Waals surface area (Å²) in [5.41, 5.74) is 3.35. The van der Waals surface area contributed by atoms with Crippen LogP contribution in [-0.4, -0.2) is 13.1 Å². The Bertz CT molecular complexity index is 157. The predicted octanol–water partition coefficient (Wildman–Crippen LogP) is 2.59. The third kappa shape index (κ3) is 2.10. The van der Waals surface area contributed by atoms with Crippen molar-refractivity contribution >= 4 is 0 Å². The van der Waals surface area contributed by atoms with Gasteiger partial charge in [0.2, 0.25) is 0 Å². The minimum Gasteiger partial charge on any atom is -0.313 e. The first-order valence-corrected chi connectivity index (χ1v) is 5.05. The number of hydrogen-bond donors (Lipinski definition) is 1. The fourth-order valence-corrected chi connectivity index (χ4v) is 1.95. The molecule has 0 saturated carbocycles. The molecule has 1 aliphatic rings. The Balaban J connectivity index is 2.83. The zero-order valence-electron chi connectivity index (χ0n) is 8.78. The standard InChI is InChI=1S/C11H21N/c1-8(2)10-5-6-12-7-11(10)9(3)4/h8-9,12H,5-7H2,1-4H3. The van der Waals surface area contributed by atoms with E-state index < -0.39 is 0 Å². The van der Waals surface area contributed by atoms with Gasteiger partial charge in [0, 0.05) is 6.54 Å². The van der Waals surface area contributed by atoms with E-state index in [1.165, 1.54) is 13.0 Å². The summed E-state index contributed by atoms with van der Waals surface area (Å²) < 4.78 is 0. The van der Waals surface area contributed by atoms with Crippen molar-refractivity contribution in [1.82, 2.24) is 5.32 Å². The van der Waals surface area contributed by atoms with Crippen molar-refractivity contribution in [1.29, 1.82) is 0 Å². The van der Waals surface area contributed by atoms with Crippen molar-refractivity contribution in [2.24, 2.45) is 11.8 Å². The fraction of sp³-hybridized carbons (Fsp3) is 0.818. The molecule has 1 nitrogen and oxygen atoms in total. The lowest BCUT2D eigenvalue weighted by Crippen LogP contribution is -2.28. The largest absolute Gasteiger partial charge is 0.313 e. The van der Waals surface area contributed by atoms with Crippen LogP contribution in [0.2, 0.25) is 0 Å². The van der Waals surface area contributed by atoms with E-state index in [2.05, 4.69) is 33.0 Å². The van der Waals surface area contributed by atoms with Crippen molar-refractivity contribution in [3.63, 3.8) is 0 Å². The van der Waals surface area contributed by atoms with Crippen molar-refractivity contribution in [3.05, 3.63) is 11.1 Å². The second kappa shape index (κ2) is 4.08. The highest BCUT2D eigenvalue weighted by Gasteiger charge is 2.16. The van der Waals surface area contributed by atoms with Gasteiger partial charge in [0.05, 0.1) is 0 Å². The molecule has 0 saturated heterocycles. The number of rotatable bonds is 2. The van der Waals surface area contributed by atoms with Crippen LogP contribution in [0.4, 0.5) is 0 Å². The van der Waals surface area contributed by atoms with E-state index >= 15 is 0 Å². The Morgan fingerprint density at radius 1 is 1.00 bits per heavy atom. The highest BCUT2D eigenvalue weighted by molar-refractivity contribution is 5.22.